The van der Waals surface area contributed by atoms with Crippen LogP contribution in [0.15, 0.2) is 28.7 Å². The third-order valence-corrected chi connectivity index (χ3v) is 4.74. The first kappa shape index (κ1) is 19.3. The number of hydrogen-bond donors (Lipinski definition) is 2. The molecule has 0 saturated heterocycles. The van der Waals surface area contributed by atoms with Crippen LogP contribution in [0, 0.1) is 5.92 Å². The Hall–Kier alpha value is -2.05. The van der Waals surface area contributed by atoms with Crippen molar-refractivity contribution in [3.8, 4) is 0 Å². The second kappa shape index (κ2) is 7.45. The summed E-state index contributed by atoms with van der Waals surface area (Å²) in [5, 5.41) is 3.66. The van der Waals surface area contributed by atoms with Crippen molar-refractivity contribution >= 4 is 40.9 Å². The van der Waals surface area contributed by atoms with Gasteiger partial charge in [-0.2, -0.15) is 0 Å². The Morgan fingerprint density at radius 3 is 2.76 bits per heavy atom. The van der Waals surface area contributed by atoms with Crippen LogP contribution in [0.5, 0.6) is 0 Å². The maximum Gasteiger partial charge on any atom is 0.373 e. The average Bonchev–Trinajstić information content (AvgIpc) is 2.96. The summed E-state index contributed by atoms with van der Waals surface area (Å²) in [4.78, 5) is 24.1. The summed E-state index contributed by atoms with van der Waals surface area (Å²) >= 11 is 0. The summed E-state index contributed by atoms with van der Waals surface area (Å²) < 4.78 is 10.1. The van der Waals surface area contributed by atoms with E-state index in [2.05, 4.69) is 10.1 Å². The molecule has 25 heavy (non-hydrogen) atoms. The van der Waals surface area contributed by atoms with E-state index in [4.69, 9.17) is 10.2 Å². The maximum absolute atomic E-state index is 12.6. The van der Waals surface area contributed by atoms with E-state index in [0.717, 1.165) is 31.1 Å². The van der Waals surface area contributed by atoms with Crippen molar-refractivity contribution in [2.24, 2.45) is 11.7 Å². The number of methoxy groups -OCH3 is 1. The average molecular weight is 367 g/mol. The van der Waals surface area contributed by atoms with Crippen LogP contribution in [0.2, 0.25) is 0 Å². The lowest BCUT2D eigenvalue weighted by atomic mass is 9.74. The van der Waals surface area contributed by atoms with Crippen LogP contribution in [-0.4, -0.2) is 24.5 Å². The van der Waals surface area contributed by atoms with Gasteiger partial charge in [-0.25, -0.2) is 4.79 Å². The number of nitrogens with one attached hydrogen (secondary N) is 1. The zero-order valence-electron chi connectivity index (χ0n) is 14.3. The molecule has 0 bridgehead atoms. The Kier molecular flexibility index (Phi) is 5.75. The highest BCUT2D eigenvalue weighted by molar-refractivity contribution is 5.97. The Labute approximate surface area is 152 Å². The maximum atomic E-state index is 12.6. The van der Waals surface area contributed by atoms with Gasteiger partial charge in [0.05, 0.1) is 13.0 Å². The second-order valence-corrected chi connectivity index (χ2v) is 6.65. The van der Waals surface area contributed by atoms with Crippen molar-refractivity contribution in [3.05, 3.63) is 30.0 Å². The van der Waals surface area contributed by atoms with Crippen molar-refractivity contribution in [2.75, 3.05) is 12.4 Å². The topological polar surface area (TPSA) is 94.6 Å². The van der Waals surface area contributed by atoms with Crippen molar-refractivity contribution in [3.63, 3.8) is 0 Å². The minimum atomic E-state index is -0.530. The van der Waals surface area contributed by atoms with Crippen LogP contribution in [0.3, 0.4) is 0 Å². The number of ether oxygens (including phenoxy) is 1. The quantitative estimate of drug-likeness (QED) is 0.811. The molecule has 0 spiro atoms. The Morgan fingerprint density at radius 1 is 1.32 bits per heavy atom. The van der Waals surface area contributed by atoms with Gasteiger partial charge < -0.3 is 20.2 Å². The van der Waals surface area contributed by atoms with E-state index in [-0.39, 0.29) is 30.0 Å². The van der Waals surface area contributed by atoms with Gasteiger partial charge in [-0.05, 0) is 44.0 Å². The van der Waals surface area contributed by atoms with Gasteiger partial charge in [-0.3, -0.25) is 4.79 Å². The Balaban J connectivity index is 0.00000225. The molecule has 1 aromatic heterocycles. The van der Waals surface area contributed by atoms with E-state index < -0.39 is 11.5 Å². The van der Waals surface area contributed by atoms with Crippen LogP contribution < -0.4 is 11.1 Å². The summed E-state index contributed by atoms with van der Waals surface area (Å²) in [5.74, 6) is -0.650. The molecule has 1 amide bonds. The molecule has 0 aliphatic heterocycles. The van der Waals surface area contributed by atoms with Gasteiger partial charge in [0.25, 0.3) is 0 Å². The first-order chi connectivity index (χ1) is 11.4. The SMILES string of the molecule is COC(=O)c1cc2cc(NC(=O)C3CCCCC3(C)N)ccc2o1.Cl. The summed E-state index contributed by atoms with van der Waals surface area (Å²) in [6.07, 6.45) is 3.75. The molecule has 3 N–H and O–H groups in total. The number of furan rings is 1. The number of halogens is 1. The van der Waals surface area contributed by atoms with E-state index >= 15 is 0 Å². The van der Waals surface area contributed by atoms with Crippen molar-refractivity contribution in [2.45, 2.75) is 38.1 Å². The van der Waals surface area contributed by atoms with Crippen LogP contribution in [0.1, 0.15) is 43.2 Å². The summed E-state index contributed by atoms with van der Waals surface area (Å²) in [7, 11) is 1.30. The molecule has 7 heteroatoms. The highest BCUT2D eigenvalue weighted by Gasteiger charge is 2.37. The largest absolute Gasteiger partial charge is 0.463 e. The van der Waals surface area contributed by atoms with Gasteiger partial charge in [0, 0.05) is 16.6 Å². The van der Waals surface area contributed by atoms with E-state index in [9.17, 15) is 9.59 Å². The third-order valence-electron chi connectivity index (χ3n) is 4.74. The van der Waals surface area contributed by atoms with Gasteiger partial charge in [0.2, 0.25) is 11.7 Å². The minimum absolute atomic E-state index is 0. The number of nitrogens with two attached hydrogens (primary N) is 1. The van der Waals surface area contributed by atoms with E-state index in [1.54, 1.807) is 24.3 Å². The number of rotatable bonds is 3. The first-order valence-electron chi connectivity index (χ1n) is 8.12. The van der Waals surface area contributed by atoms with Crippen molar-refractivity contribution in [1.29, 1.82) is 0 Å². The molecule has 136 valence electrons. The number of carbonyl (C=O) groups excluding carboxylic acids is 2. The fourth-order valence-corrected chi connectivity index (χ4v) is 3.34. The molecule has 1 aliphatic carbocycles. The molecule has 2 aromatic rings. The molecule has 1 heterocycles. The molecular formula is C18H23ClN2O4. The monoisotopic (exact) mass is 366 g/mol. The minimum Gasteiger partial charge on any atom is -0.463 e. The van der Waals surface area contributed by atoms with Crippen LogP contribution >= 0.6 is 12.4 Å². The summed E-state index contributed by atoms with van der Waals surface area (Å²) in [6.45, 7) is 1.94. The number of hydrogen-bond acceptors (Lipinski definition) is 5. The molecule has 6 nitrogen and oxygen atoms in total. The number of anilines is 1. The molecule has 1 aliphatic rings. The fourth-order valence-electron chi connectivity index (χ4n) is 3.34. The van der Waals surface area contributed by atoms with E-state index in [0.29, 0.717) is 11.3 Å². The van der Waals surface area contributed by atoms with Crippen molar-refractivity contribution < 1.29 is 18.7 Å². The predicted molar refractivity (Wildman–Crippen MR) is 98.0 cm³/mol. The molecule has 3 rings (SSSR count). The van der Waals surface area contributed by atoms with Gasteiger partial charge in [0.1, 0.15) is 5.58 Å². The van der Waals surface area contributed by atoms with Crippen LogP contribution in [0.25, 0.3) is 11.0 Å². The molecule has 2 unspecified atom stereocenters. The lowest BCUT2D eigenvalue weighted by Gasteiger charge is -2.37. The molecule has 2 atom stereocenters. The highest BCUT2D eigenvalue weighted by atomic mass is 35.5. The highest BCUT2D eigenvalue weighted by Crippen LogP contribution is 2.33. The second-order valence-electron chi connectivity index (χ2n) is 6.65. The van der Waals surface area contributed by atoms with Crippen LogP contribution in [0.4, 0.5) is 5.69 Å². The number of esters is 1. The zero-order valence-corrected chi connectivity index (χ0v) is 15.2. The van der Waals surface area contributed by atoms with Crippen molar-refractivity contribution in [1.82, 2.24) is 0 Å². The summed E-state index contributed by atoms with van der Waals surface area (Å²) in [5.41, 5.74) is 7.04. The number of amides is 1. The fraction of sp³-hybridized carbons (Fsp3) is 0.444. The van der Waals surface area contributed by atoms with Gasteiger partial charge >= 0.3 is 5.97 Å². The summed E-state index contributed by atoms with van der Waals surface area (Å²) in [6, 6.07) is 6.85. The molecule has 0 radical (unpaired) electrons. The lowest BCUT2D eigenvalue weighted by Crippen LogP contribution is -2.51. The normalized spacial score (nSPS) is 22.9. The Bertz CT molecular complexity index is 784. The zero-order chi connectivity index (χ0) is 17.3. The predicted octanol–water partition coefficient (Wildman–Crippen LogP) is 3.49. The van der Waals surface area contributed by atoms with Gasteiger partial charge in [0.15, 0.2) is 0 Å². The lowest BCUT2D eigenvalue weighted by molar-refractivity contribution is -0.122. The van der Waals surface area contributed by atoms with Crippen LogP contribution in [-0.2, 0) is 9.53 Å². The smallest absolute Gasteiger partial charge is 0.373 e. The number of benzene rings is 1. The third kappa shape index (κ3) is 3.96. The number of fused-ring (bicyclic) bond motifs is 1. The van der Waals surface area contributed by atoms with Gasteiger partial charge in [-0.15, -0.1) is 12.4 Å². The van der Waals surface area contributed by atoms with E-state index in [1.807, 2.05) is 6.92 Å². The molecule has 1 fully saturated rings. The number of carbonyl (C=O) groups is 2. The standard InChI is InChI=1S/C18H22N2O4.ClH/c1-18(19)8-4-3-5-13(18)16(21)20-12-6-7-14-11(9-12)10-15(24-14)17(22)23-2;/h6-7,9-10,13H,3-5,8,19H2,1-2H3,(H,20,21);1H. The molecular weight excluding hydrogens is 344 g/mol. The Morgan fingerprint density at radius 2 is 2.08 bits per heavy atom. The van der Waals surface area contributed by atoms with Gasteiger partial charge in [-0.1, -0.05) is 12.8 Å². The first-order valence-corrected chi connectivity index (χ1v) is 8.12. The molecule has 1 saturated carbocycles. The molecule has 1 aromatic carbocycles. The van der Waals surface area contributed by atoms with E-state index in [1.165, 1.54) is 7.11 Å².